The highest BCUT2D eigenvalue weighted by molar-refractivity contribution is 5.68. The number of carbonyl (C=O) groups is 1. The molecule has 0 bridgehead atoms. The molecule has 20 heavy (non-hydrogen) atoms. The summed E-state index contributed by atoms with van der Waals surface area (Å²) in [5, 5.41) is 2.56. The van der Waals surface area contributed by atoms with Gasteiger partial charge in [0.1, 0.15) is 5.60 Å². The topological polar surface area (TPSA) is 38.3 Å². The number of halogens is 1. The van der Waals surface area contributed by atoms with Crippen molar-refractivity contribution in [3.05, 3.63) is 47.3 Å². The minimum Gasteiger partial charge on any atom is -0.444 e. The molecular formula is C16H22FNO2. The summed E-state index contributed by atoms with van der Waals surface area (Å²) in [6.45, 7) is 7.47. The van der Waals surface area contributed by atoms with E-state index in [4.69, 9.17) is 4.74 Å². The molecule has 1 aromatic rings. The second-order valence-corrected chi connectivity index (χ2v) is 5.79. The van der Waals surface area contributed by atoms with Crippen LogP contribution in [-0.2, 0) is 11.2 Å². The lowest BCUT2D eigenvalue weighted by molar-refractivity contribution is 0.0532. The van der Waals surface area contributed by atoms with Gasteiger partial charge in [-0.2, -0.15) is 0 Å². The first-order valence-electron chi connectivity index (χ1n) is 6.60. The lowest BCUT2D eigenvalue weighted by Crippen LogP contribution is -2.33. The van der Waals surface area contributed by atoms with E-state index in [2.05, 4.69) is 5.32 Å². The van der Waals surface area contributed by atoms with Crippen LogP contribution < -0.4 is 5.32 Å². The quantitative estimate of drug-likeness (QED) is 0.907. The van der Waals surface area contributed by atoms with Crippen LogP contribution in [0.15, 0.2) is 36.2 Å². The van der Waals surface area contributed by atoms with Crippen LogP contribution in [0.4, 0.5) is 9.18 Å². The van der Waals surface area contributed by atoms with Gasteiger partial charge in [-0.3, -0.25) is 0 Å². The number of ether oxygens (including phenoxy) is 1. The van der Waals surface area contributed by atoms with Crippen LogP contribution >= 0.6 is 0 Å². The largest absolute Gasteiger partial charge is 0.444 e. The molecule has 3 nitrogen and oxygen atoms in total. The van der Waals surface area contributed by atoms with Crippen molar-refractivity contribution in [1.82, 2.24) is 5.32 Å². The third kappa shape index (κ3) is 6.36. The zero-order chi connectivity index (χ0) is 15.2. The Bertz CT molecular complexity index is 489. The summed E-state index contributed by atoms with van der Waals surface area (Å²) in [5.74, 6) is 0. The summed E-state index contributed by atoms with van der Waals surface area (Å²) in [6, 6.07) is 7.85. The average molecular weight is 279 g/mol. The van der Waals surface area contributed by atoms with Crippen LogP contribution in [0.1, 0.15) is 31.9 Å². The van der Waals surface area contributed by atoms with Gasteiger partial charge in [-0.15, -0.1) is 0 Å². The van der Waals surface area contributed by atoms with Crippen molar-refractivity contribution in [2.75, 3.05) is 6.54 Å². The summed E-state index contributed by atoms with van der Waals surface area (Å²) in [4.78, 5) is 11.5. The van der Waals surface area contributed by atoms with E-state index in [-0.39, 0.29) is 6.54 Å². The third-order valence-corrected chi connectivity index (χ3v) is 2.53. The standard InChI is InChI=1S/C16H22FNO2/c1-12-6-5-7-13(8-12)9-14(10-17)11-18-15(19)20-16(2,3)4/h5-8,10H,9,11H2,1-4H3,(H,18,19)/b14-10-. The molecule has 0 radical (unpaired) electrons. The summed E-state index contributed by atoms with van der Waals surface area (Å²) < 4.78 is 18.0. The predicted molar refractivity (Wildman–Crippen MR) is 78.3 cm³/mol. The van der Waals surface area contributed by atoms with E-state index in [1.54, 1.807) is 20.8 Å². The van der Waals surface area contributed by atoms with Crippen LogP contribution in [0.5, 0.6) is 0 Å². The minimum atomic E-state index is -0.555. The van der Waals surface area contributed by atoms with Crippen molar-refractivity contribution in [1.29, 1.82) is 0 Å². The monoisotopic (exact) mass is 279 g/mol. The van der Waals surface area contributed by atoms with E-state index in [0.29, 0.717) is 18.3 Å². The molecule has 0 heterocycles. The highest BCUT2D eigenvalue weighted by Crippen LogP contribution is 2.11. The molecule has 0 fully saturated rings. The fourth-order valence-corrected chi connectivity index (χ4v) is 1.72. The number of amides is 1. The van der Waals surface area contributed by atoms with E-state index in [9.17, 15) is 9.18 Å². The maximum atomic E-state index is 12.9. The molecule has 0 aliphatic carbocycles. The van der Waals surface area contributed by atoms with Gasteiger partial charge >= 0.3 is 6.09 Å². The summed E-state index contributed by atoms with van der Waals surface area (Å²) in [6.07, 6.45) is 0.467. The second-order valence-electron chi connectivity index (χ2n) is 5.79. The molecule has 1 amide bonds. The maximum Gasteiger partial charge on any atom is 0.407 e. The number of nitrogens with one attached hydrogen (secondary N) is 1. The highest BCUT2D eigenvalue weighted by atomic mass is 19.1. The Kier molecular flexibility index (Phi) is 5.74. The van der Waals surface area contributed by atoms with Gasteiger partial charge in [-0.1, -0.05) is 29.8 Å². The molecule has 0 atom stereocenters. The van der Waals surface area contributed by atoms with Crippen LogP contribution in [0, 0.1) is 6.92 Å². The van der Waals surface area contributed by atoms with Gasteiger partial charge < -0.3 is 10.1 Å². The smallest absolute Gasteiger partial charge is 0.407 e. The Morgan fingerprint density at radius 1 is 1.40 bits per heavy atom. The van der Waals surface area contributed by atoms with Crippen LogP contribution in [0.25, 0.3) is 0 Å². The SMILES string of the molecule is Cc1cccc(C/C(=C/F)CNC(=O)OC(C)(C)C)c1. The fraction of sp³-hybridized carbons (Fsp3) is 0.438. The molecule has 1 rings (SSSR count). The zero-order valence-electron chi connectivity index (χ0n) is 12.5. The number of hydrogen-bond donors (Lipinski definition) is 1. The Hall–Kier alpha value is -1.84. The van der Waals surface area contributed by atoms with E-state index in [1.165, 1.54) is 0 Å². The Balaban J connectivity index is 2.51. The van der Waals surface area contributed by atoms with E-state index < -0.39 is 11.7 Å². The molecule has 1 N–H and O–H groups in total. The van der Waals surface area contributed by atoms with Gasteiger partial charge in [0.25, 0.3) is 0 Å². The molecule has 1 aromatic carbocycles. The number of rotatable bonds is 4. The molecule has 0 saturated carbocycles. The number of aryl methyl sites for hydroxylation is 1. The van der Waals surface area contributed by atoms with Crippen molar-refractivity contribution in [3.8, 4) is 0 Å². The maximum absolute atomic E-state index is 12.9. The molecule has 4 heteroatoms. The summed E-state index contributed by atoms with van der Waals surface area (Å²) in [5.41, 5.74) is 2.09. The van der Waals surface area contributed by atoms with Crippen LogP contribution in [0.2, 0.25) is 0 Å². The van der Waals surface area contributed by atoms with E-state index in [1.807, 2.05) is 31.2 Å². The first-order valence-corrected chi connectivity index (χ1v) is 6.60. The first kappa shape index (κ1) is 16.2. The molecule has 0 unspecified atom stereocenters. The van der Waals surface area contributed by atoms with E-state index >= 15 is 0 Å². The van der Waals surface area contributed by atoms with Crippen molar-refractivity contribution >= 4 is 6.09 Å². The van der Waals surface area contributed by atoms with Gasteiger partial charge in [0.05, 0.1) is 6.33 Å². The van der Waals surface area contributed by atoms with Gasteiger partial charge in [0, 0.05) is 6.54 Å². The third-order valence-electron chi connectivity index (χ3n) is 2.53. The van der Waals surface area contributed by atoms with Gasteiger partial charge in [-0.25, -0.2) is 9.18 Å². The second kappa shape index (κ2) is 7.08. The molecule has 110 valence electrons. The Morgan fingerprint density at radius 2 is 2.10 bits per heavy atom. The van der Waals surface area contributed by atoms with E-state index in [0.717, 1.165) is 11.1 Å². The molecule has 0 aliphatic heterocycles. The number of benzene rings is 1. The lowest BCUT2D eigenvalue weighted by atomic mass is 10.0. The van der Waals surface area contributed by atoms with Gasteiger partial charge in [0.2, 0.25) is 0 Å². The molecule has 0 spiro atoms. The molecule has 0 aromatic heterocycles. The first-order chi connectivity index (χ1) is 9.30. The van der Waals surface area contributed by atoms with Crippen molar-refractivity contribution in [2.24, 2.45) is 0 Å². The lowest BCUT2D eigenvalue weighted by Gasteiger charge is -2.20. The number of carbonyl (C=O) groups excluding carboxylic acids is 1. The van der Waals surface area contributed by atoms with Gasteiger partial charge in [0.15, 0.2) is 0 Å². The summed E-state index contributed by atoms with van der Waals surface area (Å²) in [7, 11) is 0. The van der Waals surface area contributed by atoms with Crippen molar-refractivity contribution in [2.45, 2.75) is 39.7 Å². The Morgan fingerprint density at radius 3 is 2.65 bits per heavy atom. The predicted octanol–water partition coefficient (Wildman–Crippen LogP) is 3.92. The molecule has 0 aliphatic rings. The normalized spacial score (nSPS) is 12.2. The molecule has 0 saturated heterocycles. The van der Waals surface area contributed by atoms with Crippen LogP contribution in [0.3, 0.4) is 0 Å². The fourth-order valence-electron chi connectivity index (χ4n) is 1.72. The number of alkyl carbamates (subject to hydrolysis) is 1. The van der Waals surface area contributed by atoms with Crippen molar-refractivity contribution < 1.29 is 13.9 Å². The van der Waals surface area contributed by atoms with Crippen molar-refractivity contribution in [3.63, 3.8) is 0 Å². The summed E-state index contributed by atoms with van der Waals surface area (Å²) >= 11 is 0. The molecular weight excluding hydrogens is 257 g/mol. The van der Waals surface area contributed by atoms with Gasteiger partial charge in [-0.05, 0) is 45.3 Å². The minimum absolute atomic E-state index is 0.138. The highest BCUT2D eigenvalue weighted by Gasteiger charge is 2.16. The number of hydrogen-bond acceptors (Lipinski definition) is 2. The average Bonchev–Trinajstić information content (AvgIpc) is 2.32. The Labute approximate surface area is 119 Å². The van der Waals surface area contributed by atoms with Crippen LogP contribution in [-0.4, -0.2) is 18.2 Å². The zero-order valence-corrected chi connectivity index (χ0v) is 12.5.